The minimum atomic E-state index is 0.454. The molecule has 4 heteroatoms. The van der Waals surface area contributed by atoms with E-state index in [9.17, 15) is 0 Å². The third kappa shape index (κ3) is 3.04. The number of methoxy groups -OCH3 is 2. The molecule has 2 heterocycles. The molecule has 0 amide bonds. The van der Waals surface area contributed by atoms with Crippen molar-refractivity contribution in [2.45, 2.75) is 25.3 Å². The topological polar surface area (TPSA) is 43.7 Å². The van der Waals surface area contributed by atoms with Crippen LogP contribution in [0, 0.1) is 5.92 Å². The van der Waals surface area contributed by atoms with Gasteiger partial charge in [-0.05, 0) is 61.1 Å². The summed E-state index contributed by atoms with van der Waals surface area (Å²) in [6, 6.07) is 10.5. The zero-order valence-electron chi connectivity index (χ0n) is 14.6. The first-order valence-corrected chi connectivity index (χ1v) is 8.70. The lowest BCUT2D eigenvalue weighted by molar-refractivity contribution is 0.393. The maximum Gasteiger partial charge on any atom is 0.129 e. The number of rotatable bonds is 4. The van der Waals surface area contributed by atoms with Gasteiger partial charge in [-0.3, -0.25) is 9.98 Å². The average Bonchev–Trinajstić information content (AvgIpc) is 3.07. The maximum atomic E-state index is 5.57. The van der Waals surface area contributed by atoms with Crippen LogP contribution in [0.25, 0.3) is 6.08 Å². The fraction of sp³-hybridized carbons (Fsp3) is 0.333. The Morgan fingerprint density at radius 3 is 2.80 bits per heavy atom. The predicted octanol–water partition coefficient (Wildman–Crippen LogP) is 4.15. The SMILES string of the molecule is COc1ccc(C=C2C(c3cccnc3)=NC3CCC2C3)c(OC)c1. The summed E-state index contributed by atoms with van der Waals surface area (Å²) in [4.78, 5) is 9.30. The predicted molar refractivity (Wildman–Crippen MR) is 99.4 cm³/mol. The second-order valence-corrected chi connectivity index (χ2v) is 6.59. The number of ether oxygens (including phenoxy) is 2. The fourth-order valence-corrected chi connectivity index (χ4v) is 3.84. The fourth-order valence-electron chi connectivity index (χ4n) is 3.84. The standard InChI is InChI=1S/C21H22N2O2/c1-24-18-8-6-15(20(12-18)25-2)11-19-14-5-7-17(10-14)23-21(19)16-4-3-9-22-13-16/h3-4,6,8-9,11-14,17H,5,7,10H2,1-2H3. The molecule has 2 unspecified atom stereocenters. The minimum absolute atomic E-state index is 0.454. The second-order valence-electron chi connectivity index (χ2n) is 6.59. The van der Waals surface area contributed by atoms with Crippen LogP contribution in [-0.2, 0) is 0 Å². The highest BCUT2D eigenvalue weighted by Crippen LogP contribution is 2.41. The monoisotopic (exact) mass is 334 g/mol. The molecule has 0 radical (unpaired) electrons. The summed E-state index contributed by atoms with van der Waals surface area (Å²) in [6.45, 7) is 0. The largest absolute Gasteiger partial charge is 0.497 e. The van der Waals surface area contributed by atoms with Gasteiger partial charge in [-0.1, -0.05) is 0 Å². The van der Waals surface area contributed by atoms with Crippen LogP contribution in [-0.4, -0.2) is 31.0 Å². The Hall–Kier alpha value is -2.62. The number of hydrogen-bond donors (Lipinski definition) is 0. The number of benzene rings is 1. The molecule has 4 nitrogen and oxygen atoms in total. The molecule has 2 aromatic rings. The van der Waals surface area contributed by atoms with E-state index >= 15 is 0 Å². The second kappa shape index (κ2) is 6.71. The molecule has 1 fully saturated rings. The Balaban J connectivity index is 1.80. The molecular weight excluding hydrogens is 312 g/mol. The smallest absolute Gasteiger partial charge is 0.129 e. The Morgan fingerprint density at radius 1 is 1.12 bits per heavy atom. The Morgan fingerprint density at radius 2 is 2.04 bits per heavy atom. The molecule has 4 rings (SSSR count). The van der Waals surface area contributed by atoms with Gasteiger partial charge in [0.1, 0.15) is 11.5 Å². The summed E-state index contributed by atoms with van der Waals surface area (Å²) in [5.41, 5.74) is 4.54. The molecule has 25 heavy (non-hydrogen) atoms. The van der Waals surface area contributed by atoms with E-state index in [1.807, 2.05) is 30.5 Å². The lowest BCUT2D eigenvalue weighted by Gasteiger charge is -2.23. The van der Waals surface area contributed by atoms with Crippen molar-refractivity contribution in [2.24, 2.45) is 10.9 Å². The van der Waals surface area contributed by atoms with Gasteiger partial charge >= 0.3 is 0 Å². The van der Waals surface area contributed by atoms with Gasteiger partial charge < -0.3 is 9.47 Å². The maximum absolute atomic E-state index is 5.57. The number of hydrogen-bond acceptors (Lipinski definition) is 4. The van der Waals surface area contributed by atoms with Gasteiger partial charge in [-0.25, -0.2) is 0 Å². The highest BCUT2D eigenvalue weighted by molar-refractivity contribution is 6.16. The van der Waals surface area contributed by atoms with Gasteiger partial charge in [-0.2, -0.15) is 0 Å². The first kappa shape index (κ1) is 15.9. The normalized spacial score (nSPS) is 23.4. The van der Waals surface area contributed by atoms with Crippen LogP contribution in [0.2, 0.25) is 0 Å². The van der Waals surface area contributed by atoms with Gasteiger partial charge in [0, 0.05) is 29.6 Å². The van der Waals surface area contributed by atoms with Crippen molar-refractivity contribution >= 4 is 11.8 Å². The van der Waals surface area contributed by atoms with Gasteiger partial charge in [0.25, 0.3) is 0 Å². The summed E-state index contributed by atoms with van der Waals surface area (Å²) in [5.74, 6) is 2.17. The Kier molecular flexibility index (Phi) is 4.26. The summed E-state index contributed by atoms with van der Waals surface area (Å²) >= 11 is 0. The molecule has 2 bridgehead atoms. The number of fused-ring (bicyclic) bond motifs is 2. The zero-order valence-corrected chi connectivity index (χ0v) is 14.6. The lowest BCUT2D eigenvalue weighted by Crippen LogP contribution is -2.20. The molecule has 0 saturated heterocycles. The summed E-state index contributed by atoms with van der Waals surface area (Å²) in [5, 5.41) is 0. The molecule has 1 aromatic carbocycles. The van der Waals surface area contributed by atoms with E-state index < -0.39 is 0 Å². The molecule has 128 valence electrons. The molecule has 0 N–H and O–H groups in total. The van der Waals surface area contributed by atoms with Crippen molar-refractivity contribution in [3.63, 3.8) is 0 Å². The van der Waals surface area contributed by atoms with Gasteiger partial charge in [0.2, 0.25) is 0 Å². The van der Waals surface area contributed by atoms with Crippen LogP contribution >= 0.6 is 0 Å². The number of pyridine rings is 1. The first-order valence-electron chi connectivity index (χ1n) is 8.70. The third-order valence-electron chi connectivity index (χ3n) is 5.12. The molecule has 1 aliphatic heterocycles. The van der Waals surface area contributed by atoms with Crippen LogP contribution < -0.4 is 9.47 Å². The third-order valence-corrected chi connectivity index (χ3v) is 5.12. The molecular formula is C21H22N2O2. The van der Waals surface area contributed by atoms with Gasteiger partial charge in [0.05, 0.1) is 26.0 Å². The summed E-state index contributed by atoms with van der Waals surface area (Å²) in [7, 11) is 3.36. The number of allylic oxidation sites excluding steroid dienone is 1. The van der Waals surface area contributed by atoms with E-state index in [1.165, 1.54) is 18.4 Å². The highest BCUT2D eigenvalue weighted by atomic mass is 16.5. The molecule has 2 aliphatic rings. The van der Waals surface area contributed by atoms with Crippen molar-refractivity contribution in [3.05, 3.63) is 59.4 Å². The van der Waals surface area contributed by atoms with E-state index in [1.54, 1.807) is 20.4 Å². The minimum Gasteiger partial charge on any atom is -0.497 e. The molecule has 1 saturated carbocycles. The van der Waals surface area contributed by atoms with Crippen LogP contribution in [0.1, 0.15) is 30.4 Å². The van der Waals surface area contributed by atoms with Crippen LogP contribution in [0.15, 0.2) is 53.3 Å². The van der Waals surface area contributed by atoms with Crippen LogP contribution in [0.4, 0.5) is 0 Å². The Bertz CT molecular complexity index is 827. The zero-order chi connectivity index (χ0) is 17.2. The van der Waals surface area contributed by atoms with E-state index in [4.69, 9.17) is 14.5 Å². The van der Waals surface area contributed by atoms with E-state index in [2.05, 4.69) is 17.1 Å². The van der Waals surface area contributed by atoms with E-state index in [0.717, 1.165) is 34.8 Å². The van der Waals surface area contributed by atoms with E-state index in [0.29, 0.717) is 12.0 Å². The Labute approximate surface area is 148 Å². The molecule has 2 atom stereocenters. The van der Waals surface area contributed by atoms with Crippen LogP contribution in [0.5, 0.6) is 11.5 Å². The van der Waals surface area contributed by atoms with Crippen molar-refractivity contribution in [3.8, 4) is 11.5 Å². The summed E-state index contributed by atoms with van der Waals surface area (Å²) < 4.78 is 10.9. The van der Waals surface area contributed by atoms with Crippen molar-refractivity contribution < 1.29 is 9.47 Å². The van der Waals surface area contributed by atoms with E-state index in [-0.39, 0.29) is 0 Å². The summed E-state index contributed by atoms with van der Waals surface area (Å²) in [6.07, 6.45) is 9.46. The number of nitrogens with zero attached hydrogens (tertiary/aromatic N) is 2. The number of aliphatic imine (C=N–C) groups is 1. The van der Waals surface area contributed by atoms with Crippen molar-refractivity contribution in [2.75, 3.05) is 14.2 Å². The van der Waals surface area contributed by atoms with Gasteiger partial charge in [0.15, 0.2) is 0 Å². The van der Waals surface area contributed by atoms with Gasteiger partial charge in [-0.15, -0.1) is 0 Å². The highest BCUT2D eigenvalue weighted by Gasteiger charge is 2.34. The molecule has 1 aliphatic carbocycles. The molecule has 1 aromatic heterocycles. The van der Waals surface area contributed by atoms with Crippen LogP contribution in [0.3, 0.4) is 0 Å². The first-order chi connectivity index (χ1) is 12.3. The average molecular weight is 334 g/mol. The molecule has 0 spiro atoms. The van der Waals surface area contributed by atoms with Crippen molar-refractivity contribution in [1.29, 1.82) is 0 Å². The lowest BCUT2D eigenvalue weighted by atomic mass is 9.86. The van der Waals surface area contributed by atoms with Crippen molar-refractivity contribution in [1.82, 2.24) is 4.98 Å². The quantitative estimate of drug-likeness (QED) is 0.843. The number of aromatic nitrogens is 1.